The Bertz CT molecular complexity index is 350. The Morgan fingerprint density at radius 2 is 2.07 bits per heavy atom. The van der Waals surface area contributed by atoms with Gasteiger partial charge >= 0.3 is 6.18 Å². The van der Waals surface area contributed by atoms with Crippen LogP contribution in [-0.2, 0) is 4.79 Å². The molecule has 4 nitrogen and oxygen atoms in total. The SMILES string of the molecule is Cc1n[nH]c(C)c1NC(=O)CC(F)(F)F. The number of amides is 1. The van der Waals surface area contributed by atoms with Gasteiger partial charge in [0, 0.05) is 0 Å². The predicted octanol–water partition coefficient (Wildman–Crippen LogP) is 1.92. The van der Waals surface area contributed by atoms with Crippen molar-refractivity contribution in [1.82, 2.24) is 10.2 Å². The topological polar surface area (TPSA) is 57.8 Å². The highest BCUT2D eigenvalue weighted by atomic mass is 19.4. The van der Waals surface area contributed by atoms with E-state index in [2.05, 4.69) is 15.5 Å². The first-order valence-corrected chi connectivity index (χ1v) is 4.18. The number of rotatable bonds is 2. The number of alkyl halides is 3. The van der Waals surface area contributed by atoms with Crippen molar-refractivity contribution in [1.29, 1.82) is 0 Å². The summed E-state index contributed by atoms with van der Waals surface area (Å²) in [5.41, 5.74) is 1.30. The van der Waals surface area contributed by atoms with Gasteiger partial charge in [-0.25, -0.2) is 0 Å². The van der Waals surface area contributed by atoms with Crippen LogP contribution in [0, 0.1) is 13.8 Å². The quantitative estimate of drug-likeness (QED) is 0.801. The monoisotopic (exact) mass is 221 g/mol. The average molecular weight is 221 g/mol. The minimum Gasteiger partial charge on any atom is -0.323 e. The smallest absolute Gasteiger partial charge is 0.323 e. The molecule has 0 unspecified atom stereocenters. The summed E-state index contributed by atoms with van der Waals surface area (Å²) >= 11 is 0. The Morgan fingerprint density at radius 1 is 1.47 bits per heavy atom. The Balaban J connectivity index is 2.67. The first-order chi connectivity index (χ1) is 6.79. The Morgan fingerprint density at radius 3 is 2.47 bits per heavy atom. The van der Waals surface area contributed by atoms with Crippen LogP contribution >= 0.6 is 0 Å². The van der Waals surface area contributed by atoms with Gasteiger partial charge in [-0.3, -0.25) is 9.89 Å². The van der Waals surface area contributed by atoms with Gasteiger partial charge in [0.15, 0.2) is 0 Å². The molecule has 0 radical (unpaired) electrons. The fourth-order valence-corrected chi connectivity index (χ4v) is 1.10. The molecular formula is C8H10F3N3O. The van der Waals surface area contributed by atoms with E-state index in [1.807, 2.05) is 0 Å². The first kappa shape index (κ1) is 11.5. The molecule has 0 aliphatic carbocycles. The van der Waals surface area contributed by atoms with Crippen molar-refractivity contribution >= 4 is 11.6 Å². The van der Waals surface area contributed by atoms with E-state index < -0.39 is 18.5 Å². The maximum Gasteiger partial charge on any atom is 0.397 e. The van der Waals surface area contributed by atoms with Gasteiger partial charge in [0.05, 0.1) is 17.1 Å². The van der Waals surface area contributed by atoms with Crippen LogP contribution in [-0.4, -0.2) is 22.3 Å². The molecule has 0 atom stereocenters. The Kier molecular flexibility index (Phi) is 3.01. The van der Waals surface area contributed by atoms with Crippen molar-refractivity contribution in [2.45, 2.75) is 26.4 Å². The van der Waals surface area contributed by atoms with Crippen molar-refractivity contribution in [3.05, 3.63) is 11.4 Å². The summed E-state index contributed by atoms with van der Waals surface area (Å²) in [5.74, 6) is -1.09. The average Bonchev–Trinajstić information content (AvgIpc) is 2.32. The summed E-state index contributed by atoms with van der Waals surface area (Å²) < 4.78 is 35.6. The van der Waals surface area contributed by atoms with Crippen molar-refractivity contribution in [2.75, 3.05) is 5.32 Å². The van der Waals surface area contributed by atoms with Crippen LogP contribution < -0.4 is 5.32 Å². The molecule has 15 heavy (non-hydrogen) atoms. The molecule has 0 aliphatic rings. The van der Waals surface area contributed by atoms with Gasteiger partial charge in [0.1, 0.15) is 6.42 Å². The third kappa shape index (κ3) is 3.26. The lowest BCUT2D eigenvalue weighted by Crippen LogP contribution is -2.21. The molecule has 0 bridgehead atoms. The van der Waals surface area contributed by atoms with Crippen molar-refractivity contribution in [3.63, 3.8) is 0 Å². The second-order valence-electron chi connectivity index (χ2n) is 3.15. The lowest BCUT2D eigenvalue weighted by molar-refractivity contribution is -0.150. The molecule has 7 heteroatoms. The summed E-state index contributed by atoms with van der Waals surface area (Å²) in [7, 11) is 0. The number of carbonyl (C=O) groups is 1. The molecule has 1 aromatic heterocycles. The van der Waals surface area contributed by atoms with Crippen molar-refractivity contribution in [3.8, 4) is 0 Å². The number of anilines is 1. The van der Waals surface area contributed by atoms with E-state index in [1.54, 1.807) is 13.8 Å². The van der Waals surface area contributed by atoms with E-state index >= 15 is 0 Å². The van der Waals surface area contributed by atoms with Crippen LogP contribution in [0.2, 0.25) is 0 Å². The second-order valence-corrected chi connectivity index (χ2v) is 3.15. The van der Waals surface area contributed by atoms with E-state index in [9.17, 15) is 18.0 Å². The molecule has 0 fully saturated rings. The molecular weight excluding hydrogens is 211 g/mol. The van der Waals surface area contributed by atoms with Crippen LogP contribution in [0.4, 0.5) is 18.9 Å². The van der Waals surface area contributed by atoms with Gasteiger partial charge in [-0.1, -0.05) is 0 Å². The number of hydrogen-bond donors (Lipinski definition) is 2. The normalized spacial score (nSPS) is 11.5. The third-order valence-electron chi connectivity index (χ3n) is 1.75. The number of aryl methyl sites for hydroxylation is 2. The summed E-state index contributed by atoms with van der Waals surface area (Å²) in [6, 6.07) is 0. The number of nitrogens with one attached hydrogen (secondary N) is 2. The van der Waals surface area contributed by atoms with Gasteiger partial charge < -0.3 is 5.32 Å². The molecule has 1 rings (SSSR count). The highest BCUT2D eigenvalue weighted by Crippen LogP contribution is 2.22. The van der Waals surface area contributed by atoms with Gasteiger partial charge in [-0.15, -0.1) is 0 Å². The Labute approximate surface area is 83.9 Å². The fourth-order valence-electron chi connectivity index (χ4n) is 1.10. The summed E-state index contributed by atoms with van der Waals surface area (Å²) in [6.45, 7) is 3.20. The molecule has 0 spiro atoms. The molecule has 2 N–H and O–H groups in total. The minimum absolute atomic E-state index is 0.309. The summed E-state index contributed by atoms with van der Waals surface area (Å²) in [6.07, 6.45) is -5.98. The molecule has 1 amide bonds. The summed E-state index contributed by atoms with van der Waals surface area (Å²) in [4.78, 5) is 11.0. The van der Waals surface area contributed by atoms with E-state index in [1.165, 1.54) is 0 Å². The van der Waals surface area contributed by atoms with E-state index in [-0.39, 0.29) is 0 Å². The van der Waals surface area contributed by atoms with Gasteiger partial charge in [0.25, 0.3) is 0 Å². The van der Waals surface area contributed by atoms with Gasteiger partial charge in [-0.05, 0) is 13.8 Å². The van der Waals surface area contributed by atoms with Crippen LogP contribution in [0.1, 0.15) is 17.8 Å². The largest absolute Gasteiger partial charge is 0.397 e. The predicted molar refractivity (Wildman–Crippen MR) is 47.4 cm³/mol. The zero-order chi connectivity index (χ0) is 11.6. The first-order valence-electron chi connectivity index (χ1n) is 4.18. The number of H-pyrrole nitrogens is 1. The van der Waals surface area contributed by atoms with E-state index in [4.69, 9.17) is 0 Å². The lowest BCUT2D eigenvalue weighted by atomic mass is 10.3. The van der Waals surface area contributed by atoms with Crippen LogP contribution in [0.5, 0.6) is 0 Å². The highest BCUT2D eigenvalue weighted by molar-refractivity contribution is 5.92. The zero-order valence-corrected chi connectivity index (χ0v) is 8.20. The number of aromatic amines is 1. The molecule has 84 valence electrons. The maximum absolute atomic E-state index is 11.9. The van der Waals surface area contributed by atoms with Crippen LogP contribution in [0.15, 0.2) is 0 Å². The van der Waals surface area contributed by atoms with Crippen LogP contribution in [0.3, 0.4) is 0 Å². The standard InChI is InChI=1S/C8H10F3N3O/c1-4-7(5(2)14-13-4)12-6(15)3-8(9,10)11/h3H2,1-2H3,(H,12,15)(H,13,14). The van der Waals surface area contributed by atoms with Crippen LogP contribution in [0.25, 0.3) is 0 Å². The van der Waals surface area contributed by atoms with E-state index in [0.717, 1.165) is 0 Å². The Hall–Kier alpha value is -1.53. The number of aromatic nitrogens is 2. The zero-order valence-electron chi connectivity index (χ0n) is 8.20. The molecule has 1 heterocycles. The number of hydrogen-bond acceptors (Lipinski definition) is 2. The minimum atomic E-state index is -4.49. The lowest BCUT2D eigenvalue weighted by Gasteiger charge is -2.07. The van der Waals surface area contributed by atoms with Gasteiger partial charge in [0.2, 0.25) is 5.91 Å². The molecule has 0 saturated heterocycles. The summed E-state index contributed by atoms with van der Waals surface area (Å²) in [5, 5.41) is 8.47. The van der Waals surface area contributed by atoms with Gasteiger partial charge in [-0.2, -0.15) is 18.3 Å². The van der Waals surface area contributed by atoms with Crippen molar-refractivity contribution < 1.29 is 18.0 Å². The maximum atomic E-state index is 11.9. The molecule has 1 aromatic rings. The third-order valence-corrected chi connectivity index (χ3v) is 1.75. The number of nitrogens with zero attached hydrogens (tertiary/aromatic N) is 1. The second kappa shape index (κ2) is 3.92. The molecule has 0 aliphatic heterocycles. The number of halogens is 3. The highest BCUT2D eigenvalue weighted by Gasteiger charge is 2.31. The van der Waals surface area contributed by atoms with Crippen molar-refractivity contribution in [2.24, 2.45) is 0 Å². The molecule has 0 aromatic carbocycles. The van der Waals surface area contributed by atoms with E-state index in [0.29, 0.717) is 17.1 Å². The number of carbonyl (C=O) groups excluding carboxylic acids is 1. The fraction of sp³-hybridized carbons (Fsp3) is 0.500. The molecule has 0 saturated carbocycles.